The van der Waals surface area contributed by atoms with E-state index in [4.69, 9.17) is 27.0 Å². The van der Waals surface area contributed by atoms with Gasteiger partial charge in [0.1, 0.15) is 23.3 Å². The van der Waals surface area contributed by atoms with Gasteiger partial charge in [0.15, 0.2) is 15.9 Å². The third kappa shape index (κ3) is 3.55. The third-order valence-electron chi connectivity index (χ3n) is 3.06. The first-order chi connectivity index (χ1) is 11.0. The highest BCUT2D eigenvalue weighted by atomic mass is 35.5. The Morgan fingerprint density at radius 2 is 2.13 bits per heavy atom. The highest BCUT2D eigenvalue weighted by Gasteiger charge is 2.10. The van der Waals surface area contributed by atoms with Gasteiger partial charge in [0.2, 0.25) is 0 Å². The Labute approximate surface area is 141 Å². The van der Waals surface area contributed by atoms with Gasteiger partial charge in [-0.15, -0.1) is 0 Å². The number of rotatable bonds is 4. The number of nitrogen functional groups attached to an aromatic ring is 1. The number of aryl methyl sites for hydroxylation is 2. The molecule has 3 rings (SSSR count). The average Bonchev–Trinajstić information content (AvgIpc) is 2.87. The van der Waals surface area contributed by atoms with Crippen LogP contribution < -0.4 is 5.73 Å². The third-order valence-corrected chi connectivity index (χ3v) is 4.17. The fourth-order valence-corrected chi connectivity index (χ4v) is 3.21. The SMILES string of the molecule is Cc1cc2cc(CCSc3nc(N)cc(C#N)n3)nc(Cl)c2o1. The van der Waals surface area contributed by atoms with E-state index in [0.717, 1.165) is 16.8 Å². The smallest absolute Gasteiger partial charge is 0.190 e. The van der Waals surface area contributed by atoms with Crippen molar-refractivity contribution in [1.29, 1.82) is 5.26 Å². The number of thioether (sulfide) groups is 1. The van der Waals surface area contributed by atoms with Gasteiger partial charge < -0.3 is 10.2 Å². The fourth-order valence-electron chi connectivity index (χ4n) is 2.13. The predicted molar refractivity (Wildman–Crippen MR) is 89.3 cm³/mol. The van der Waals surface area contributed by atoms with Crippen LogP contribution in [0.4, 0.5) is 5.82 Å². The van der Waals surface area contributed by atoms with Gasteiger partial charge in [-0.1, -0.05) is 23.4 Å². The summed E-state index contributed by atoms with van der Waals surface area (Å²) in [5, 5.41) is 10.7. The molecule has 0 aromatic carbocycles. The molecular weight excluding hydrogens is 334 g/mol. The molecule has 3 aromatic heterocycles. The van der Waals surface area contributed by atoms with Gasteiger partial charge in [0, 0.05) is 22.9 Å². The van der Waals surface area contributed by atoms with Crippen molar-refractivity contribution in [2.75, 3.05) is 11.5 Å². The van der Waals surface area contributed by atoms with Crippen LogP contribution in [-0.2, 0) is 6.42 Å². The molecule has 0 spiro atoms. The van der Waals surface area contributed by atoms with Crippen molar-refractivity contribution < 1.29 is 4.42 Å². The lowest BCUT2D eigenvalue weighted by molar-refractivity contribution is 0.577. The minimum Gasteiger partial charge on any atom is -0.458 e. The molecule has 116 valence electrons. The second kappa shape index (κ2) is 6.44. The zero-order valence-electron chi connectivity index (χ0n) is 12.2. The van der Waals surface area contributed by atoms with E-state index in [1.807, 2.05) is 25.1 Å². The number of nitrogens with two attached hydrogens (primary N) is 1. The van der Waals surface area contributed by atoms with Crippen LogP contribution in [0.25, 0.3) is 11.0 Å². The molecule has 0 atom stereocenters. The Kier molecular flexibility index (Phi) is 4.37. The van der Waals surface area contributed by atoms with E-state index in [9.17, 15) is 0 Å². The van der Waals surface area contributed by atoms with Crippen LogP contribution in [0.2, 0.25) is 5.15 Å². The van der Waals surface area contributed by atoms with E-state index in [-0.39, 0.29) is 11.5 Å². The number of pyridine rings is 1. The lowest BCUT2D eigenvalue weighted by Gasteiger charge is -2.03. The summed E-state index contributed by atoms with van der Waals surface area (Å²) < 4.78 is 5.50. The normalized spacial score (nSPS) is 10.8. The summed E-state index contributed by atoms with van der Waals surface area (Å²) in [6.45, 7) is 1.87. The first kappa shape index (κ1) is 15.6. The highest BCUT2D eigenvalue weighted by Crippen LogP contribution is 2.26. The van der Waals surface area contributed by atoms with Gasteiger partial charge in [-0.05, 0) is 25.5 Å². The molecule has 0 amide bonds. The maximum Gasteiger partial charge on any atom is 0.190 e. The second-order valence-corrected chi connectivity index (χ2v) is 6.27. The van der Waals surface area contributed by atoms with Gasteiger partial charge in [-0.3, -0.25) is 0 Å². The molecule has 8 heteroatoms. The molecule has 0 unspecified atom stereocenters. The molecule has 0 aliphatic rings. The molecule has 6 nitrogen and oxygen atoms in total. The summed E-state index contributed by atoms with van der Waals surface area (Å²) in [5.74, 6) is 1.78. The van der Waals surface area contributed by atoms with Crippen LogP contribution in [0.3, 0.4) is 0 Å². The number of halogens is 1. The lowest BCUT2D eigenvalue weighted by atomic mass is 10.2. The van der Waals surface area contributed by atoms with Crippen molar-refractivity contribution in [2.24, 2.45) is 0 Å². The van der Waals surface area contributed by atoms with Crippen LogP contribution in [0.1, 0.15) is 17.1 Å². The number of hydrogen-bond acceptors (Lipinski definition) is 7. The number of aromatic nitrogens is 3. The van der Waals surface area contributed by atoms with Crippen molar-refractivity contribution in [1.82, 2.24) is 15.0 Å². The molecule has 0 aliphatic carbocycles. The van der Waals surface area contributed by atoms with Crippen LogP contribution in [0, 0.1) is 18.3 Å². The zero-order chi connectivity index (χ0) is 16.4. The summed E-state index contributed by atoms with van der Waals surface area (Å²) in [7, 11) is 0. The summed E-state index contributed by atoms with van der Waals surface area (Å²) in [6.07, 6.45) is 0.685. The zero-order valence-corrected chi connectivity index (χ0v) is 13.8. The summed E-state index contributed by atoms with van der Waals surface area (Å²) >= 11 is 7.56. The van der Waals surface area contributed by atoms with Gasteiger partial charge in [-0.2, -0.15) is 5.26 Å². The molecule has 2 N–H and O–H groups in total. The predicted octanol–water partition coefficient (Wildman–Crippen LogP) is 3.37. The first-order valence-corrected chi connectivity index (χ1v) is 8.14. The standard InChI is InChI=1S/C15H12ClN5OS/c1-8-4-9-5-10(19-14(16)13(9)22-8)2-3-23-15-20-11(7-17)6-12(18)21-15/h4-6H,2-3H2,1H3,(H2,18,20,21). The molecule has 0 fully saturated rings. The minimum atomic E-state index is 0.261. The lowest BCUT2D eigenvalue weighted by Crippen LogP contribution is -1.99. The first-order valence-electron chi connectivity index (χ1n) is 6.78. The Bertz CT molecular complexity index is 918. The van der Waals surface area contributed by atoms with Crippen molar-refractivity contribution in [3.05, 3.63) is 40.5 Å². The molecule has 0 saturated heterocycles. The van der Waals surface area contributed by atoms with Gasteiger partial charge in [0.05, 0.1) is 0 Å². The topological polar surface area (TPSA) is 102 Å². The minimum absolute atomic E-state index is 0.261. The Morgan fingerprint density at radius 3 is 2.91 bits per heavy atom. The number of furan rings is 1. The van der Waals surface area contributed by atoms with E-state index in [2.05, 4.69) is 15.0 Å². The van der Waals surface area contributed by atoms with Gasteiger partial charge in [0.25, 0.3) is 0 Å². The van der Waals surface area contributed by atoms with E-state index in [1.54, 1.807) is 0 Å². The maximum atomic E-state index is 8.88. The molecule has 0 saturated carbocycles. The molecule has 3 heterocycles. The van der Waals surface area contributed by atoms with E-state index in [1.165, 1.54) is 17.8 Å². The molecule has 0 bridgehead atoms. The Balaban J connectivity index is 1.71. The molecule has 0 radical (unpaired) electrons. The molecular formula is C15H12ClN5OS. The molecule has 3 aromatic rings. The fraction of sp³-hybridized carbons (Fsp3) is 0.200. The summed E-state index contributed by atoms with van der Waals surface area (Å²) in [5.41, 5.74) is 7.38. The number of anilines is 1. The van der Waals surface area contributed by atoms with Crippen LogP contribution in [-0.4, -0.2) is 20.7 Å². The maximum absolute atomic E-state index is 8.88. The quantitative estimate of drug-likeness (QED) is 0.439. The van der Waals surface area contributed by atoms with Crippen LogP contribution >= 0.6 is 23.4 Å². The largest absolute Gasteiger partial charge is 0.458 e. The van der Waals surface area contributed by atoms with Crippen molar-refractivity contribution >= 4 is 40.1 Å². The number of nitriles is 1. The van der Waals surface area contributed by atoms with E-state index < -0.39 is 0 Å². The van der Waals surface area contributed by atoms with Crippen LogP contribution in [0.15, 0.2) is 27.8 Å². The highest BCUT2D eigenvalue weighted by molar-refractivity contribution is 7.99. The van der Waals surface area contributed by atoms with E-state index in [0.29, 0.717) is 28.1 Å². The van der Waals surface area contributed by atoms with Gasteiger partial charge in [-0.25, -0.2) is 15.0 Å². The Morgan fingerprint density at radius 1 is 1.30 bits per heavy atom. The van der Waals surface area contributed by atoms with Crippen molar-refractivity contribution in [2.45, 2.75) is 18.5 Å². The number of fused-ring (bicyclic) bond motifs is 1. The van der Waals surface area contributed by atoms with Gasteiger partial charge >= 0.3 is 0 Å². The molecule has 0 aliphatic heterocycles. The summed E-state index contributed by atoms with van der Waals surface area (Å²) in [4.78, 5) is 12.5. The van der Waals surface area contributed by atoms with Crippen molar-refractivity contribution in [3.8, 4) is 6.07 Å². The second-order valence-electron chi connectivity index (χ2n) is 4.85. The summed E-state index contributed by atoms with van der Waals surface area (Å²) in [6, 6.07) is 7.29. The van der Waals surface area contributed by atoms with Crippen molar-refractivity contribution in [3.63, 3.8) is 0 Å². The van der Waals surface area contributed by atoms with Crippen LogP contribution in [0.5, 0.6) is 0 Å². The average molecular weight is 346 g/mol. The Hall–Kier alpha value is -2.30. The number of nitrogens with zero attached hydrogens (tertiary/aromatic N) is 4. The number of hydrogen-bond donors (Lipinski definition) is 1. The monoisotopic (exact) mass is 345 g/mol. The molecule has 23 heavy (non-hydrogen) atoms. The van der Waals surface area contributed by atoms with E-state index >= 15 is 0 Å².